The van der Waals surface area contributed by atoms with E-state index in [1.54, 1.807) is 25.7 Å². The fourth-order valence-corrected chi connectivity index (χ4v) is 5.75. The van der Waals surface area contributed by atoms with E-state index in [1.807, 2.05) is 32.9 Å². The van der Waals surface area contributed by atoms with Crippen LogP contribution in [0.2, 0.25) is 0 Å². The lowest BCUT2D eigenvalue weighted by Gasteiger charge is -2.32. The molecule has 0 radical (unpaired) electrons. The number of pyridine rings is 2. The van der Waals surface area contributed by atoms with Gasteiger partial charge in [0.2, 0.25) is 0 Å². The van der Waals surface area contributed by atoms with Crippen LogP contribution in [0.25, 0.3) is 16.3 Å². The minimum absolute atomic E-state index is 0.0884. The average molecular weight is 613 g/mol. The Labute approximate surface area is 269 Å². The first-order chi connectivity index (χ1) is 21.6. The number of methoxy groups -OCH3 is 1. The maximum Gasteiger partial charge on any atom is 0.257 e. The van der Waals surface area contributed by atoms with Gasteiger partial charge in [-0.15, -0.1) is 0 Å². The number of aromatic nitrogens is 2. The number of benzene rings is 1. The molecule has 0 bridgehead atoms. The summed E-state index contributed by atoms with van der Waals surface area (Å²) in [5.41, 5.74) is 7.93. The van der Waals surface area contributed by atoms with Crippen molar-refractivity contribution in [3.05, 3.63) is 92.5 Å². The SMILES string of the molecule is CCC(=O)CN1CCC(c2ccc(C)cc2C)CC1.CCCc1nc(/C(C)=C/N=CC(OC)=C(C)CC)cc2cc[nH]c(=O)c12. The molecule has 7 heteroatoms. The Morgan fingerprint density at radius 1 is 1.09 bits per heavy atom. The number of ketones is 1. The Morgan fingerprint density at radius 3 is 2.44 bits per heavy atom. The second-order valence-electron chi connectivity index (χ2n) is 12.1. The molecule has 0 atom stereocenters. The van der Waals surface area contributed by atoms with Crippen LogP contribution in [-0.2, 0) is 16.0 Å². The lowest BCUT2D eigenvalue weighted by atomic mass is 9.86. The largest absolute Gasteiger partial charge is 0.495 e. The number of Topliss-reactive ketones (excluding diaryl/α,β-unsaturated/α-hetero) is 1. The number of hydrogen-bond donors (Lipinski definition) is 1. The number of rotatable bonds is 11. The van der Waals surface area contributed by atoms with Crippen molar-refractivity contribution in [3.8, 4) is 0 Å². The summed E-state index contributed by atoms with van der Waals surface area (Å²) < 4.78 is 5.36. The molecule has 45 heavy (non-hydrogen) atoms. The monoisotopic (exact) mass is 612 g/mol. The third kappa shape index (κ3) is 10.1. The van der Waals surface area contributed by atoms with Crippen molar-refractivity contribution in [2.75, 3.05) is 26.7 Å². The van der Waals surface area contributed by atoms with Gasteiger partial charge in [0.25, 0.3) is 5.56 Å². The quantitative estimate of drug-likeness (QED) is 0.175. The van der Waals surface area contributed by atoms with Gasteiger partial charge in [-0.1, -0.05) is 51.0 Å². The van der Waals surface area contributed by atoms with Gasteiger partial charge in [-0.3, -0.25) is 24.5 Å². The Morgan fingerprint density at radius 2 is 1.82 bits per heavy atom. The number of likely N-dealkylation sites (tertiary alicyclic amines) is 1. The molecule has 4 rings (SSSR count). The molecule has 1 saturated heterocycles. The van der Waals surface area contributed by atoms with Gasteiger partial charge in [0.05, 0.1) is 36.6 Å². The molecule has 1 aliphatic rings. The van der Waals surface area contributed by atoms with Gasteiger partial charge in [-0.25, -0.2) is 0 Å². The van der Waals surface area contributed by atoms with E-state index in [-0.39, 0.29) is 5.56 Å². The molecule has 0 amide bonds. The maximum absolute atomic E-state index is 12.2. The lowest BCUT2D eigenvalue weighted by Crippen LogP contribution is -2.36. The number of H-pyrrole nitrogens is 1. The number of aromatic amines is 1. The van der Waals surface area contributed by atoms with Crippen LogP contribution < -0.4 is 5.56 Å². The zero-order valence-electron chi connectivity index (χ0n) is 28.6. The van der Waals surface area contributed by atoms with E-state index < -0.39 is 0 Å². The van der Waals surface area contributed by atoms with Crippen molar-refractivity contribution in [2.45, 2.75) is 92.9 Å². The topological polar surface area (TPSA) is 87.7 Å². The maximum atomic E-state index is 12.2. The summed E-state index contributed by atoms with van der Waals surface area (Å²) in [6.45, 7) is 17.2. The number of hydrogen-bond acceptors (Lipinski definition) is 6. The number of fused-ring (bicyclic) bond motifs is 1. The minimum Gasteiger partial charge on any atom is -0.495 e. The zero-order valence-corrected chi connectivity index (χ0v) is 28.6. The molecular formula is C38H52N4O3. The number of carbonyl (C=O) groups is 1. The van der Waals surface area contributed by atoms with Crippen molar-refractivity contribution >= 4 is 28.3 Å². The van der Waals surface area contributed by atoms with Crippen molar-refractivity contribution in [1.82, 2.24) is 14.9 Å². The Hall–Kier alpha value is -3.84. The molecule has 0 saturated carbocycles. The fraction of sp³-hybridized carbons (Fsp3) is 0.474. The third-order valence-corrected chi connectivity index (χ3v) is 8.60. The van der Waals surface area contributed by atoms with Crippen molar-refractivity contribution in [1.29, 1.82) is 0 Å². The molecule has 0 spiro atoms. The molecule has 1 fully saturated rings. The molecule has 1 N–H and O–H groups in total. The van der Waals surface area contributed by atoms with E-state index >= 15 is 0 Å². The number of piperidine rings is 1. The van der Waals surface area contributed by atoms with E-state index in [4.69, 9.17) is 9.72 Å². The summed E-state index contributed by atoms with van der Waals surface area (Å²) in [7, 11) is 1.65. The highest BCUT2D eigenvalue weighted by molar-refractivity contribution is 5.86. The number of ether oxygens (including phenoxy) is 1. The van der Waals surface area contributed by atoms with Crippen LogP contribution in [0, 0.1) is 13.8 Å². The number of nitrogens with zero attached hydrogens (tertiary/aromatic N) is 3. The summed E-state index contributed by atoms with van der Waals surface area (Å²) in [6.07, 6.45) is 10.8. The van der Waals surface area contributed by atoms with Gasteiger partial charge in [0.1, 0.15) is 11.5 Å². The molecule has 242 valence electrons. The first-order valence-electron chi connectivity index (χ1n) is 16.4. The smallest absolute Gasteiger partial charge is 0.257 e. The number of nitrogens with one attached hydrogen (secondary N) is 1. The Kier molecular flexibility index (Phi) is 13.9. The van der Waals surface area contributed by atoms with Crippen LogP contribution in [0.5, 0.6) is 0 Å². The standard InChI is InChI=1S/C21H27N3O2.C17H25NO/c1-6-8-17-20-16(9-10-23-21(20)25)11-18(24-17)15(4)12-22-13-19(26-5)14(3)7-2;1-4-16(19)12-18-9-7-15(8-10-18)17-6-5-13(2)11-14(17)3/h9-13H,6-8H2,1-5H3,(H,23,25);5-6,11,15H,4,7-10,12H2,1-3H3/b15-12+,19-14?,22-13?;. The second kappa shape index (κ2) is 17.6. The summed E-state index contributed by atoms with van der Waals surface area (Å²) in [6, 6.07) is 10.6. The summed E-state index contributed by atoms with van der Waals surface area (Å²) in [4.78, 5) is 37.8. The van der Waals surface area contributed by atoms with E-state index in [9.17, 15) is 9.59 Å². The van der Waals surface area contributed by atoms with Gasteiger partial charge >= 0.3 is 0 Å². The van der Waals surface area contributed by atoms with E-state index in [2.05, 4.69) is 60.8 Å². The fourth-order valence-electron chi connectivity index (χ4n) is 5.75. The van der Waals surface area contributed by atoms with Crippen molar-refractivity contribution in [2.24, 2.45) is 4.99 Å². The van der Waals surface area contributed by atoms with Gasteiger partial charge in [-0.2, -0.15) is 0 Å². The number of allylic oxidation sites excluding steroid dienone is 3. The van der Waals surface area contributed by atoms with E-state index in [1.165, 1.54) is 29.5 Å². The summed E-state index contributed by atoms with van der Waals surface area (Å²) >= 11 is 0. The van der Waals surface area contributed by atoms with Crippen LogP contribution >= 0.6 is 0 Å². The molecule has 0 unspecified atom stereocenters. The summed E-state index contributed by atoms with van der Waals surface area (Å²) in [5, 5.41) is 1.58. The highest BCUT2D eigenvalue weighted by atomic mass is 16.5. The lowest BCUT2D eigenvalue weighted by molar-refractivity contribution is -0.120. The third-order valence-electron chi connectivity index (χ3n) is 8.60. The molecule has 1 aromatic carbocycles. The molecule has 3 aromatic rings. The number of carbonyl (C=O) groups excluding carboxylic acids is 1. The molecule has 0 aliphatic carbocycles. The average Bonchev–Trinajstić information content (AvgIpc) is 3.03. The first-order valence-corrected chi connectivity index (χ1v) is 16.4. The van der Waals surface area contributed by atoms with Crippen LogP contribution in [0.4, 0.5) is 0 Å². The molecule has 2 aromatic heterocycles. The molecule has 3 heterocycles. The van der Waals surface area contributed by atoms with Crippen molar-refractivity contribution in [3.63, 3.8) is 0 Å². The zero-order chi connectivity index (χ0) is 32.9. The predicted octanol–water partition coefficient (Wildman–Crippen LogP) is 8.10. The second-order valence-corrected chi connectivity index (χ2v) is 12.1. The number of aryl methyl sites for hydroxylation is 3. The Balaban J connectivity index is 0.000000257. The highest BCUT2D eigenvalue weighted by Crippen LogP contribution is 2.30. The first kappa shape index (κ1) is 35.6. The van der Waals surface area contributed by atoms with E-state index in [0.717, 1.165) is 66.0 Å². The van der Waals surface area contributed by atoms with Gasteiger partial charge in [0, 0.05) is 18.8 Å². The van der Waals surface area contributed by atoms with Crippen molar-refractivity contribution < 1.29 is 9.53 Å². The van der Waals surface area contributed by atoms with Crippen LogP contribution in [0.15, 0.2) is 63.8 Å². The van der Waals surface area contributed by atoms with Gasteiger partial charge in [-0.05, 0) is 112 Å². The van der Waals surface area contributed by atoms with E-state index in [0.29, 0.717) is 30.1 Å². The van der Waals surface area contributed by atoms with Crippen LogP contribution in [-0.4, -0.2) is 53.6 Å². The minimum atomic E-state index is -0.0884. The molecule has 7 nitrogen and oxygen atoms in total. The van der Waals surface area contributed by atoms with Gasteiger partial charge in [0.15, 0.2) is 0 Å². The van der Waals surface area contributed by atoms with Crippen LogP contribution in [0.1, 0.15) is 101 Å². The van der Waals surface area contributed by atoms with Gasteiger partial charge < -0.3 is 9.72 Å². The Bertz CT molecular complexity index is 1590. The molecule has 1 aliphatic heterocycles. The summed E-state index contributed by atoms with van der Waals surface area (Å²) in [5.74, 6) is 1.82. The normalized spacial score (nSPS) is 15.2. The van der Waals surface area contributed by atoms with Crippen LogP contribution in [0.3, 0.4) is 0 Å². The highest BCUT2D eigenvalue weighted by Gasteiger charge is 2.22. The number of aliphatic imine (C=N–C) groups is 1. The predicted molar refractivity (Wildman–Crippen MR) is 188 cm³/mol. The molecular weight excluding hydrogens is 560 g/mol.